The van der Waals surface area contributed by atoms with Crippen molar-refractivity contribution in [3.05, 3.63) is 59.4 Å². The first-order chi connectivity index (χ1) is 12.1. The first-order valence-corrected chi connectivity index (χ1v) is 8.40. The van der Waals surface area contributed by atoms with Crippen molar-refractivity contribution in [2.75, 3.05) is 11.9 Å². The summed E-state index contributed by atoms with van der Waals surface area (Å²) >= 11 is 7.05. The molecule has 0 spiro atoms. The number of pyridine rings is 1. The molecule has 126 valence electrons. The van der Waals surface area contributed by atoms with Crippen molar-refractivity contribution in [3.63, 3.8) is 0 Å². The number of rotatable bonds is 5. The van der Waals surface area contributed by atoms with Gasteiger partial charge in [0.05, 0.1) is 6.54 Å². The molecule has 7 nitrogen and oxygen atoms in total. The minimum Gasteiger partial charge on any atom is -0.342 e. The Morgan fingerprint density at radius 2 is 1.92 bits per heavy atom. The summed E-state index contributed by atoms with van der Waals surface area (Å²) in [6, 6.07) is 12.5. The largest absolute Gasteiger partial charge is 0.342 e. The zero-order valence-electron chi connectivity index (χ0n) is 12.8. The van der Waals surface area contributed by atoms with Crippen LogP contribution in [0.4, 0.5) is 5.13 Å². The third-order valence-corrected chi connectivity index (χ3v) is 4.18. The maximum atomic E-state index is 11.9. The fourth-order valence-electron chi connectivity index (χ4n) is 1.91. The molecule has 0 saturated heterocycles. The molecule has 0 aliphatic heterocycles. The number of hydrogen-bond acceptors (Lipinski definition) is 6. The molecule has 0 saturated carbocycles. The Morgan fingerprint density at radius 3 is 2.68 bits per heavy atom. The monoisotopic (exact) mass is 373 g/mol. The van der Waals surface area contributed by atoms with E-state index in [0.717, 1.165) is 5.56 Å². The van der Waals surface area contributed by atoms with Crippen molar-refractivity contribution in [3.8, 4) is 10.6 Å². The summed E-state index contributed by atoms with van der Waals surface area (Å²) in [5.74, 6) is -0.897. The van der Waals surface area contributed by atoms with Crippen LogP contribution in [0.1, 0.15) is 10.5 Å². The Kier molecular flexibility index (Phi) is 5.32. The molecule has 25 heavy (non-hydrogen) atoms. The zero-order valence-corrected chi connectivity index (χ0v) is 14.3. The molecule has 2 heterocycles. The number of benzene rings is 1. The molecule has 9 heteroatoms. The highest BCUT2D eigenvalue weighted by atomic mass is 35.5. The maximum absolute atomic E-state index is 11.9. The van der Waals surface area contributed by atoms with Gasteiger partial charge in [0.15, 0.2) is 0 Å². The minimum atomic E-state index is -0.486. The van der Waals surface area contributed by atoms with Crippen molar-refractivity contribution in [1.82, 2.24) is 20.5 Å². The van der Waals surface area contributed by atoms with Crippen molar-refractivity contribution in [2.45, 2.75) is 0 Å². The quantitative estimate of drug-likeness (QED) is 0.716. The van der Waals surface area contributed by atoms with E-state index in [0.29, 0.717) is 15.2 Å². The van der Waals surface area contributed by atoms with Gasteiger partial charge in [-0.05, 0) is 12.1 Å². The maximum Gasteiger partial charge on any atom is 0.270 e. The summed E-state index contributed by atoms with van der Waals surface area (Å²) in [7, 11) is 0. The molecule has 0 radical (unpaired) electrons. The van der Waals surface area contributed by atoms with Crippen LogP contribution < -0.4 is 10.6 Å². The van der Waals surface area contributed by atoms with Crippen molar-refractivity contribution >= 4 is 39.9 Å². The summed E-state index contributed by atoms with van der Waals surface area (Å²) in [6.45, 7) is -0.215. The Balaban J connectivity index is 1.55. The van der Waals surface area contributed by atoms with Crippen LogP contribution in [-0.2, 0) is 4.79 Å². The van der Waals surface area contributed by atoms with Crippen LogP contribution in [0.15, 0.2) is 48.7 Å². The predicted molar refractivity (Wildman–Crippen MR) is 95.6 cm³/mol. The van der Waals surface area contributed by atoms with Crippen molar-refractivity contribution in [1.29, 1.82) is 0 Å². The molecule has 0 atom stereocenters. The van der Waals surface area contributed by atoms with Crippen LogP contribution >= 0.6 is 22.9 Å². The van der Waals surface area contributed by atoms with Gasteiger partial charge in [-0.15, -0.1) is 10.2 Å². The number of carbonyl (C=O) groups excluding carboxylic acids is 2. The number of hydrogen-bond donors (Lipinski definition) is 2. The van der Waals surface area contributed by atoms with Gasteiger partial charge >= 0.3 is 0 Å². The van der Waals surface area contributed by atoms with Gasteiger partial charge in [0.2, 0.25) is 11.0 Å². The second-order valence-corrected chi connectivity index (χ2v) is 6.28. The lowest BCUT2D eigenvalue weighted by atomic mass is 10.2. The molecule has 3 aromatic rings. The SMILES string of the molecule is O=C(CNC(=O)c1cc(Cl)ccn1)Nc1nnc(-c2ccccc2)s1. The van der Waals surface area contributed by atoms with E-state index in [1.54, 1.807) is 6.07 Å². The number of aromatic nitrogens is 3. The average Bonchev–Trinajstić information content (AvgIpc) is 3.09. The van der Waals surface area contributed by atoms with Gasteiger partial charge in [-0.1, -0.05) is 53.3 Å². The van der Waals surface area contributed by atoms with E-state index >= 15 is 0 Å². The third-order valence-electron chi connectivity index (χ3n) is 3.06. The van der Waals surface area contributed by atoms with E-state index < -0.39 is 11.8 Å². The highest BCUT2D eigenvalue weighted by Crippen LogP contribution is 2.25. The van der Waals surface area contributed by atoms with E-state index in [4.69, 9.17) is 11.6 Å². The van der Waals surface area contributed by atoms with Crippen molar-refractivity contribution in [2.24, 2.45) is 0 Å². The average molecular weight is 374 g/mol. The Labute approximate surface area is 152 Å². The van der Waals surface area contributed by atoms with Crippen LogP contribution in [-0.4, -0.2) is 33.5 Å². The Hall–Kier alpha value is -2.84. The summed E-state index contributed by atoms with van der Waals surface area (Å²) in [5, 5.41) is 14.5. The first kappa shape index (κ1) is 17.0. The van der Waals surface area contributed by atoms with Gasteiger partial charge in [0.1, 0.15) is 10.7 Å². The molecular formula is C16H12ClN5O2S. The highest BCUT2D eigenvalue weighted by Gasteiger charge is 2.12. The molecule has 3 rings (SSSR count). The lowest BCUT2D eigenvalue weighted by Gasteiger charge is -2.04. The Morgan fingerprint density at radius 1 is 1.12 bits per heavy atom. The van der Waals surface area contributed by atoms with E-state index in [1.165, 1.54) is 23.6 Å². The normalized spacial score (nSPS) is 10.3. The van der Waals surface area contributed by atoms with Crippen LogP contribution in [0, 0.1) is 0 Å². The molecule has 1 aromatic carbocycles. The summed E-state index contributed by atoms with van der Waals surface area (Å²) < 4.78 is 0. The fraction of sp³-hybridized carbons (Fsp3) is 0.0625. The van der Waals surface area contributed by atoms with E-state index in [2.05, 4.69) is 25.8 Å². The van der Waals surface area contributed by atoms with Crippen molar-refractivity contribution < 1.29 is 9.59 Å². The number of anilines is 1. The standard InChI is InChI=1S/C16H12ClN5O2S/c17-11-6-7-18-12(8-11)14(24)19-9-13(23)20-16-22-21-15(25-16)10-4-2-1-3-5-10/h1-8H,9H2,(H,19,24)(H,20,22,23). The van der Waals surface area contributed by atoms with Gasteiger partial charge in [0, 0.05) is 16.8 Å². The van der Waals surface area contributed by atoms with Crippen LogP contribution in [0.25, 0.3) is 10.6 Å². The molecule has 2 aromatic heterocycles. The summed E-state index contributed by atoms with van der Waals surface area (Å²) in [4.78, 5) is 27.7. The van der Waals surface area contributed by atoms with Gasteiger partial charge < -0.3 is 5.32 Å². The van der Waals surface area contributed by atoms with Gasteiger partial charge in [-0.2, -0.15) is 0 Å². The van der Waals surface area contributed by atoms with E-state index in [9.17, 15) is 9.59 Å². The van der Waals surface area contributed by atoms with Gasteiger partial charge in [-0.25, -0.2) is 0 Å². The van der Waals surface area contributed by atoms with E-state index in [1.807, 2.05) is 30.3 Å². The molecule has 2 amide bonds. The molecular weight excluding hydrogens is 362 g/mol. The lowest BCUT2D eigenvalue weighted by Crippen LogP contribution is -2.33. The molecule has 0 aliphatic rings. The molecule has 0 fully saturated rings. The molecule has 2 N–H and O–H groups in total. The number of amides is 2. The van der Waals surface area contributed by atoms with Crippen LogP contribution in [0.2, 0.25) is 5.02 Å². The van der Waals surface area contributed by atoms with E-state index in [-0.39, 0.29) is 12.2 Å². The lowest BCUT2D eigenvalue weighted by molar-refractivity contribution is -0.115. The number of carbonyl (C=O) groups is 2. The highest BCUT2D eigenvalue weighted by molar-refractivity contribution is 7.18. The third kappa shape index (κ3) is 4.59. The predicted octanol–water partition coefficient (Wildman–Crippen LogP) is 2.62. The topological polar surface area (TPSA) is 96.9 Å². The second-order valence-electron chi connectivity index (χ2n) is 4.87. The molecule has 0 bridgehead atoms. The Bertz CT molecular complexity index is 900. The summed E-state index contributed by atoms with van der Waals surface area (Å²) in [5.41, 5.74) is 1.06. The molecule has 0 aliphatic carbocycles. The minimum absolute atomic E-state index is 0.141. The number of nitrogens with one attached hydrogen (secondary N) is 2. The number of halogens is 1. The number of nitrogens with zero attached hydrogens (tertiary/aromatic N) is 3. The molecule has 0 unspecified atom stereocenters. The summed E-state index contributed by atoms with van der Waals surface area (Å²) in [6.07, 6.45) is 1.42. The second kappa shape index (κ2) is 7.82. The smallest absolute Gasteiger partial charge is 0.270 e. The van der Waals surface area contributed by atoms with Crippen LogP contribution in [0.5, 0.6) is 0 Å². The van der Waals surface area contributed by atoms with Gasteiger partial charge in [-0.3, -0.25) is 19.9 Å². The zero-order chi connectivity index (χ0) is 17.6. The van der Waals surface area contributed by atoms with Gasteiger partial charge in [0.25, 0.3) is 5.91 Å². The van der Waals surface area contributed by atoms with Crippen LogP contribution in [0.3, 0.4) is 0 Å². The first-order valence-electron chi connectivity index (χ1n) is 7.20. The fourth-order valence-corrected chi connectivity index (χ4v) is 2.84.